The second kappa shape index (κ2) is 7.26. The van der Waals surface area contributed by atoms with Crippen LogP contribution in [0.2, 0.25) is 0 Å². The van der Waals surface area contributed by atoms with Gasteiger partial charge in [-0.3, -0.25) is 4.79 Å². The van der Waals surface area contributed by atoms with Crippen LogP contribution >= 0.6 is 0 Å². The van der Waals surface area contributed by atoms with Crippen molar-refractivity contribution in [1.29, 1.82) is 0 Å². The van der Waals surface area contributed by atoms with Gasteiger partial charge in [-0.05, 0) is 55.9 Å². The van der Waals surface area contributed by atoms with Gasteiger partial charge >= 0.3 is 0 Å². The van der Waals surface area contributed by atoms with Gasteiger partial charge in [0.1, 0.15) is 5.75 Å². The first-order valence-electron chi connectivity index (χ1n) is 6.93. The lowest BCUT2D eigenvalue weighted by molar-refractivity contribution is -0.118. The zero-order valence-corrected chi connectivity index (χ0v) is 13.7. The Bertz CT molecular complexity index is 786. The molecule has 0 radical (unpaired) electrons. The fourth-order valence-electron chi connectivity index (χ4n) is 1.89. The molecule has 0 unspecified atom stereocenters. The van der Waals surface area contributed by atoms with E-state index >= 15 is 0 Å². The van der Waals surface area contributed by atoms with Gasteiger partial charge in [-0.25, -0.2) is 13.1 Å². The van der Waals surface area contributed by atoms with Gasteiger partial charge < -0.3 is 10.1 Å². The molecule has 6 nitrogen and oxygen atoms in total. The average molecular weight is 334 g/mol. The smallest absolute Gasteiger partial charge is 0.262 e. The third-order valence-corrected chi connectivity index (χ3v) is 4.51. The summed E-state index contributed by atoms with van der Waals surface area (Å²) in [5, 5.41) is 2.64. The Morgan fingerprint density at radius 3 is 2.43 bits per heavy atom. The number of benzene rings is 2. The molecular formula is C16H18N2O4S. The summed E-state index contributed by atoms with van der Waals surface area (Å²) < 4.78 is 30.8. The van der Waals surface area contributed by atoms with Crippen LogP contribution in [0.3, 0.4) is 0 Å². The minimum Gasteiger partial charge on any atom is -0.484 e. The van der Waals surface area contributed by atoms with Crippen molar-refractivity contribution < 1.29 is 17.9 Å². The number of hydrogen-bond acceptors (Lipinski definition) is 4. The number of carbonyl (C=O) groups is 1. The first kappa shape index (κ1) is 17.0. The standard InChI is InChI=1S/C16H18N2O4S/c1-12-4-3-5-14(10-12)22-11-16(19)18-13-6-8-15(9-7-13)23(20,21)17-2/h3-10,17H,11H2,1-2H3,(H,18,19). The molecule has 0 heterocycles. The Hall–Kier alpha value is -2.38. The number of nitrogens with one attached hydrogen (secondary N) is 2. The highest BCUT2D eigenvalue weighted by Gasteiger charge is 2.11. The second-order valence-corrected chi connectivity index (χ2v) is 6.77. The highest BCUT2D eigenvalue weighted by molar-refractivity contribution is 7.89. The van der Waals surface area contributed by atoms with Crippen LogP contribution in [-0.4, -0.2) is 28.0 Å². The van der Waals surface area contributed by atoms with Crippen LogP contribution in [0.5, 0.6) is 5.75 Å². The number of rotatable bonds is 6. The number of amides is 1. The van der Waals surface area contributed by atoms with Crippen molar-refractivity contribution in [3.05, 3.63) is 54.1 Å². The molecule has 122 valence electrons. The SMILES string of the molecule is CNS(=O)(=O)c1ccc(NC(=O)COc2cccc(C)c2)cc1. The number of sulfonamides is 1. The Labute approximate surface area is 135 Å². The van der Waals surface area contributed by atoms with Crippen LogP contribution in [-0.2, 0) is 14.8 Å². The topological polar surface area (TPSA) is 84.5 Å². The van der Waals surface area contributed by atoms with Crippen molar-refractivity contribution in [3.63, 3.8) is 0 Å². The second-order valence-electron chi connectivity index (χ2n) is 4.89. The van der Waals surface area contributed by atoms with Crippen molar-refractivity contribution in [1.82, 2.24) is 4.72 Å². The van der Waals surface area contributed by atoms with Gasteiger partial charge in [-0.15, -0.1) is 0 Å². The maximum Gasteiger partial charge on any atom is 0.262 e. The van der Waals surface area contributed by atoms with Crippen molar-refractivity contribution in [2.75, 3.05) is 19.0 Å². The first-order valence-corrected chi connectivity index (χ1v) is 8.42. The zero-order chi connectivity index (χ0) is 16.9. The lowest BCUT2D eigenvalue weighted by Crippen LogP contribution is -2.21. The molecule has 0 aliphatic carbocycles. The molecule has 0 spiro atoms. The quantitative estimate of drug-likeness (QED) is 0.845. The van der Waals surface area contributed by atoms with Gasteiger partial charge in [-0.2, -0.15) is 0 Å². The summed E-state index contributed by atoms with van der Waals surface area (Å²) in [5.74, 6) is 0.298. The fourth-order valence-corrected chi connectivity index (χ4v) is 2.62. The summed E-state index contributed by atoms with van der Waals surface area (Å²) in [6.07, 6.45) is 0. The molecule has 0 bridgehead atoms. The molecule has 0 saturated carbocycles. The number of hydrogen-bond donors (Lipinski definition) is 2. The van der Waals surface area contributed by atoms with Gasteiger partial charge in [0.25, 0.3) is 5.91 Å². The predicted octanol–water partition coefficient (Wildman–Crippen LogP) is 1.92. The fraction of sp³-hybridized carbons (Fsp3) is 0.188. The average Bonchev–Trinajstić information content (AvgIpc) is 2.53. The van der Waals surface area contributed by atoms with Gasteiger partial charge in [0.05, 0.1) is 4.90 Å². The van der Waals surface area contributed by atoms with Crippen LogP contribution in [0.25, 0.3) is 0 Å². The Kier molecular flexibility index (Phi) is 5.36. The zero-order valence-electron chi connectivity index (χ0n) is 12.9. The highest BCUT2D eigenvalue weighted by Crippen LogP contribution is 2.15. The van der Waals surface area contributed by atoms with Gasteiger partial charge in [-0.1, -0.05) is 12.1 Å². The molecule has 0 saturated heterocycles. The molecule has 2 rings (SSSR count). The van der Waals surface area contributed by atoms with E-state index in [0.29, 0.717) is 11.4 Å². The van der Waals surface area contributed by atoms with Crippen molar-refractivity contribution >= 4 is 21.6 Å². The molecule has 2 N–H and O–H groups in total. The Morgan fingerprint density at radius 1 is 1.13 bits per heavy atom. The number of ether oxygens (including phenoxy) is 1. The highest BCUT2D eigenvalue weighted by atomic mass is 32.2. The van der Waals surface area contributed by atoms with E-state index in [4.69, 9.17) is 4.74 Å². The summed E-state index contributed by atoms with van der Waals surface area (Å²) in [5.41, 5.74) is 1.54. The maximum atomic E-state index is 11.8. The molecule has 0 aliphatic rings. The lowest BCUT2D eigenvalue weighted by Gasteiger charge is -2.09. The lowest BCUT2D eigenvalue weighted by atomic mass is 10.2. The molecule has 23 heavy (non-hydrogen) atoms. The molecule has 0 aliphatic heterocycles. The van der Waals surface area contributed by atoms with Crippen LogP contribution < -0.4 is 14.8 Å². The third-order valence-electron chi connectivity index (χ3n) is 3.08. The maximum absolute atomic E-state index is 11.8. The monoisotopic (exact) mass is 334 g/mol. The van der Waals surface area contributed by atoms with Crippen LogP contribution in [0.4, 0.5) is 5.69 Å². The van der Waals surface area contributed by atoms with E-state index in [0.717, 1.165) is 5.56 Å². The van der Waals surface area contributed by atoms with Crippen molar-refractivity contribution in [2.24, 2.45) is 0 Å². The van der Waals surface area contributed by atoms with Crippen LogP contribution in [0.15, 0.2) is 53.4 Å². The molecule has 1 amide bonds. The normalized spacial score (nSPS) is 11.0. The summed E-state index contributed by atoms with van der Waals surface area (Å²) in [6.45, 7) is 1.81. The predicted molar refractivity (Wildman–Crippen MR) is 88.0 cm³/mol. The van der Waals surface area contributed by atoms with Crippen molar-refractivity contribution in [3.8, 4) is 5.75 Å². The first-order chi connectivity index (χ1) is 10.9. The number of aryl methyl sites for hydroxylation is 1. The largest absolute Gasteiger partial charge is 0.484 e. The molecule has 0 fully saturated rings. The van der Waals surface area contributed by atoms with Crippen LogP contribution in [0.1, 0.15) is 5.56 Å². The molecular weight excluding hydrogens is 316 g/mol. The van der Waals surface area contributed by atoms with Crippen molar-refractivity contribution in [2.45, 2.75) is 11.8 Å². The summed E-state index contributed by atoms with van der Waals surface area (Å²) in [6, 6.07) is 13.3. The van der Waals surface area contributed by atoms with Gasteiger partial charge in [0.2, 0.25) is 10.0 Å². The van der Waals surface area contributed by atoms with E-state index in [9.17, 15) is 13.2 Å². The summed E-state index contributed by atoms with van der Waals surface area (Å²) in [7, 11) is -2.14. The Morgan fingerprint density at radius 2 is 1.83 bits per heavy atom. The Balaban J connectivity index is 1.93. The minimum absolute atomic E-state index is 0.125. The molecule has 7 heteroatoms. The van der Waals surface area contributed by atoms with E-state index < -0.39 is 10.0 Å². The van der Waals surface area contributed by atoms with E-state index in [2.05, 4.69) is 10.0 Å². The summed E-state index contributed by atoms with van der Waals surface area (Å²) >= 11 is 0. The van der Waals surface area contributed by atoms with E-state index in [1.807, 2.05) is 25.1 Å². The molecule has 2 aromatic rings. The molecule has 0 aromatic heterocycles. The van der Waals surface area contributed by atoms with E-state index in [-0.39, 0.29) is 17.4 Å². The minimum atomic E-state index is -3.48. The summed E-state index contributed by atoms with van der Waals surface area (Å²) in [4.78, 5) is 12.0. The molecule has 2 aromatic carbocycles. The number of anilines is 1. The van der Waals surface area contributed by atoms with Gasteiger partial charge in [0, 0.05) is 5.69 Å². The van der Waals surface area contributed by atoms with Gasteiger partial charge in [0.15, 0.2) is 6.61 Å². The van der Waals surface area contributed by atoms with Crippen LogP contribution in [0, 0.1) is 6.92 Å². The third kappa shape index (κ3) is 4.80. The van der Waals surface area contributed by atoms with E-state index in [1.54, 1.807) is 6.07 Å². The molecule has 0 atom stereocenters. The number of carbonyl (C=O) groups excluding carboxylic acids is 1. The van der Waals surface area contributed by atoms with E-state index in [1.165, 1.54) is 31.3 Å².